The Morgan fingerprint density at radius 2 is 1.74 bits per heavy atom. The maximum atomic E-state index is 12.1. The van der Waals surface area contributed by atoms with Crippen molar-refractivity contribution in [3.63, 3.8) is 0 Å². The lowest BCUT2D eigenvalue weighted by Gasteiger charge is -2.15. The van der Waals surface area contributed by atoms with Gasteiger partial charge in [0, 0.05) is 12.2 Å². The summed E-state index contributed by atoms with van der Waals surface area (Å²) in [4.78, 5) is 0. The van der Waals surface area contributed by atoms with Gasteiger partial charge in [0.15, 0.2) is 5.11 Å². The molecule has 0 radical (unpaired) electrons. The Morgan fingerprint density at radius 3 is 2.35 bits per heavy atom. The molecule has 122 valence electrons. The van der Waals surface area contributed by atoms with E-state index in [1.54, 1.807) is 12.1 Å². The van der Waals surface area contributed by atoms with Gasteiger partial charge in [0.1, 0.15) is 5.75 Å². The molecule has 0 unspecified atom stereocenters. The molecule has 0 aliphatic rings. The lowest BCUT2D eigenvalue weighted by molar-refractivity contribution is -0.0498. The number of aliphatic hydroxyl groups excluding tert-OH is 1. The van der Waals surface area contributed by atoms with Crippen LogP contribution in [-0.2, 0) is 0 Å². The fourth-order valence-electron chi connectivity index (χ4n) is 1.88. The molecule has 3 N–H and O–H groups in total. The third-order valence-corrected chi connectivity index (χ3v) is 3.22. The van der Waals surface area contributed by atoms with Crippen molar-refractivity contribution in [3.05, 3.63) is 60.2 Å². The first kappa shape index (κ1) is 17.1. The van der Waals surface area contributed by atoms with E-state index in [2.05, 4.69) is 15.4 Å². The number of alkyl halides is 2. The second kappa shape index (κ2) is 8.40. The van der Waals surface area contributed by atoms with Crippen molar-refractivity contribution in [2.45, 2.75) is 12.7 Å². The van der Waals surface area contributed by atoms with E-state index in [4.69, 9.17) is 12.2 Å². The van der Waals surface area contributed by atoms with Gasteiger partial charge in [0.2, 0.25) is 0 Å². The molecular formula is C16H16F2N2O2S. The summed E-state index contributed by atoms with van der Waals surface area (Å²) in [6.45, 7) is -2.60. The zero-order chi connectivity index (χ0) is 16.7. The van der Waals surface area contributed by atoms with Crippen LogP contribution < -0.4 is 15.4 Å². The normalized spacial score (nSPS) is 11.8. The average Bonchev–Trinajstić information content (AvgIpc) is 2.55. The molecule has 0 spiro atoms. The number of anilines is 1. The fourth-order valence-corrected chi connectivity index (χ4v) is 2.08. The third kappa shape index (κ3) is 5.80. The van der Waals surface area contributed by atoms with Crippen LogP contribution >= 0.6 is 12.2 Å². The Hall–Kier alpha value is -2.25. The lowest BCUT2D eigenvalue weighted by Crippen LogP contribution is -2.32. The molecule has 23 heavy (non-hydrogen) atoms. The molecule has 0 bridgehead atoms. The van der Waals surface area contributed by atoms with Crippen LogP contribution in [0.5, 0.6) is 5.75 Å². The van der Waals surface area contributed by atoms with E-state index in [1.807, 2.05) is 30.3 Å². The van der Waals surface area contributed by atoms with Crippen LogP contribution in [0.2, 0.25) is 0 Å². The Kier molecular flexibility index (Phi) is 6.25. The minimum Gasteiger partial charge on any atom is -0.435 e. The van der Waals surface area contributed by atoms with Crippen LogP contribution in [0.25, 0.3) is 0 Å². The molecule has 0 aliphatic heterocycles. The van der Waals surface area contributed by atoms with Gasteiger partial charge < -0.3 is 20.5 Å². The number of ether oxygens (including phenoxy) is 1. The molecule has 0 heterocycles. The van der Waals surface area contributed by atoms with E-state index in [1.165, 1.54) is 12.1 Å². The molecule has 0 saturated carbocycles. The summed E-state index contributed by atoms with van der Waals surface area (Å²) < 4.78 is 28.4. The monoisotopic (exact) mass is 338 g/mol. The van der Waals surface area contributed by atoms with E-state index < -0.39 is 12.7 Å². The summed E-state index contributed by atoms with van der Waals surface area (Å²) in [5.74, 6) is 0.0731. The SMILES string of the molecule is O[C@H](CNC(=S)Nc1ccc(OC(F)F)cc1)c1ccccc1. The largest absolute Gasteiger partial charge is 0.435 e. The first-order chi connectivity index (χ1) is 11.0. The Balaban J connectivity index is 1.80. The quantitative estimate of drug-likeness (QED) is 0.706. The van der Waals surface area contributed by atoms with Crippen molar-refractivity contribution in [1.82, 2.24) is 5.32 Å². The number of hydrogen-bond acceptors (Lipinski definition) is 3. The van der Waals surface area contributed by atoms with Gasteiger partial charge in [0.05, 0.1) is 6.10 Å². The molecule has 2 rings (SSSR count). The maximum Gasteiger partial charge on any atom is 0.387 e. The predicted octanol–water partition coefficient (Wildman–Crippen LogP) is 3.31. The first-order valence-electron chi connectivity index (χ1n) is 6.87. The number of halogens is 2. The number of thiocarbonyl (C=S) groups is 1. The van der Waals surface area contributed by atoms with Gasteiger partial charge in [-0.15, -0.1) is 0 Å². The molecule has 1 atom stereocenters. The smallest absolute Gasteiger partial charge is 0.387 e. The Labute approximate surface area is 138 Å². The van der Waals surface area contributed by atoms with Crippen LogP contribution in [0.3, 0.4) is 0 Å². The molecule has 7 heteroatoms. The predicted molar refractivity (Wildman–Crippen MR) is 88.7 cm³/mol. The van der Waals surface area contributed by atoms with Crippen molar-refractivity contribution in [3.8, 4) is 5.75 Å². The van der Waals surface area contributed by atoms with Gasteiger partial charge in [-0.2, -0.15) is 8.78 Å². The van der Waals surface area contributed by atoms with Crippen LogP contribution in [0.4, 0.5) is 14.5 Å². The van der Waals surface area contributed by atoms with Gasteiger partial charge in [-0.25, -0.2) is 0 Å². The Morgan fingerprint density at radius 1 is 1.09 bits per heavy atom. The number of nitrogens with one attached hydrogen (secondary N) is 2. The molecule has 2 aromatic carbocycles. The van der Waals surface area contributed by atoms with Crippen molar-refractivity contribution >= 4 is 23.0 Å². The van der Waals surface area contributed by atoms with E-state index in [0.29, 0.717) is 10.8 Å². The minimum absolute atomic E-state index is 0.0731. The molecule has 0 aromatic heterocycles. The molecule has 0 fully saturated rings. The summed E-state index contributed by atoms with van der Waals surface area (Å²) in [6, 6.07) is 15.2. The first-order valence-corrected chi connectivity index (χ1v) is 7.28. The Bertz CT molecular complexity index is 624. The maximum absolute atomic E-state index is 12.1. The summed E-state index contributed by atoms with van der Waals surface area (Å²) in [6.07, 6.45) is -0.683. The summed E-state index contributed by atoms with van der Waals surface area (Å²) in [5, 5.41) is 16.1. The van der Waals surface area contributed by atoms with Crippen LogP contribution in [0.15, 0.2) is 54.6 Å². The molecule has 0 saturated heterocycles. The number of benzene rings is 2. The topological polar surface area (TPSA) is 53.5 Å². The van der Waals surface area contributed by atoms with E-state index in [9.17, 15) is 13.9 Å². The lowest BCUT2D eigenvalue weighted by atomic mass is 10.1. The highest BCUT2D eigenvalue weighted by molar-refractivity contribution is 7.80. The highest BCUT2D eigenvalue weighted by Crippen LogP contribution is 2.17. The van der Waals surface area contributed by atoms with Gasteiger partial charge in [-0.1, -0.05) is 30.3 Å². The number of aliphatic hydroxyl groups is 1. The zero-order valence-electron chi connectivity index (χ0n) is 12.1. The number of hydrogen-bond donors (Lipinski definition) is 3. The van der Waals surface area contributed by atoms with Crippen LogP contribution in [-0.4, -0.2) is 23.4 Å². The second-order valence-corrected chi connectivity index (χ2v) is 5.07. The highest BCUT2D eigenvalue weighted by atomic mass is 32.1. The van der Waals surface area contributed by atoms with E-state index in [0.717, 1.165) is 5.56 Å². The fraction of sp³-hybridized carbons (Fsp3) is 0.188. The zero-order valence-corrected chi connectivity index (χ0v) is 12.9. The van der Waals surface area contributed by atoms with Gasteiger partial charge in [0.25, 0.3) is 0 Å². The van der Waals surface area contributed by atoms with E-state index >= 15 is 0 Å². The van der Waals surface area contributed by atoms with Crippen molar-refractivity contribution in [2.24, 2.45) is 0 Å². The van der Waals surface area contributed by atoms with Crippen molar-refractivity contribution in [2.75, 3.05) is 11.9 Å². The van der Waals surface area contributed by atoms with Crippen LogP contribution in [0.1, 0.15) is 11.7 Å². The third-order valence-electron chi connectivity index (χ3n) is 2.98. The summed E-state index contributed by atoms with van der Waals surface area (Å²) >= 11 is 5.12. The number of rotatable bonds is 6. The van der Waals surface area contributed by atoms with Gasteiger partial charge in [-0.3, -0.25) is 0 Å². The van der Waals surface area contributed by atoms with Gasteiger partial charge in [-0.05, 0) is 42.0 Å². The van der Waals surface area contributed by atoms with Crippen LogP contribution in [0, 0.1) is 0 Å². The summed E-state index contributed by atoms with van der Waals surface area (Å²) in [7, 11) is 0. The van der Waals surface area contributed by atoms with Crippen molar-refractivity contribution < 1.29 is 18.6 Å². The second-order valence-electron chi connectivity index (χ2n) is 4.66. The molecule has 4 nitrogen and oxygen atoms in total. The molecule has 0 aliphatic carbocycles. The molecule has 0 amide bonds. The highest BCUT2D eigenvalue weighted by Gasteiger charge is 2.08. The average molecular weight is 338 g/mol. The van der Waals surface area contributed by atoms with E-state index in [-0.39, 0.29) is 12.3 Å². The van der Waals surface area contributed by atoms with Gasteiger partial charge >= 0.3 is 6.61 Å². The molecular weight excluding hydrogens is 322 g/mol. The molecule has 2 aromatic rings. The van der Waals surface area contributed by atoms with Crippen molar-refractivity contribution in [1.29, 1.82) is 0 Å². The minimum atomic E-state index is -2.85. The standard InChI is InChI=1S/C16H16F2N2O2S/c17-15(18)22-13-8-6-12(7-9-13)20-16(23)19-10-14(21)11-4-2-1-3-5-11/h1-9,14-15,21H,10H2,(H2,19,20,23)/t14-/m1/s1. The summed E-state index contributed by atoms with van der Waals surface area (Å²) in [5.41, 5.74) is 1.41.